The van der Waals surface area contributed by atoms with E-state index in [0.717, 1.165) is 22.0 Å². The zero-order chi connectivity index (χ0) is 27.6. The van der Waals surface area contributed by atoms with Crippen LogP contribution in [-0.2, 0) is 9.47 Å². The van der Waals surface area contributed by atoms with Crippen LogP contribution >= 0.6 is 11.3 Å². The number of aromatic nitrogens is 3. The van der Waals surface area contributed by atoms with Crippen LogP contribution in [0.1, 0.15) is 68.8 Å². The van der Waals surface area contributed by atoms with E-state index in [-0.39, 0.29) is 39.0 Å². The topological polar surface area (TPSA) is 112 Å². The number of fused-ring (bicyclic) bond motifs is 1. The van der Waals surface area contributed by atoms with Crippen molar-refractivity contribution in [1.29, 1.82) is 0 Å². The van der Waals surface area contributed by atoms with E-state index in [1.807, 2.05) is 0 Å². The molecule has 0 aliphatic carbocycles. The van der Waals surface area contributed by atoms with E-state index in [0.29, 0.717) is 11.1 Å². The first-order valence-electron chi connectivity index (χ1n) is 11.7. The zero-order valence-electron chi connectivity index (χ0n) is 21.0. The highest BCUT2D eigenvalue weighted by molar-refractivity contribution is 7.18. The fraction of sp³-hybridized carbons (Fsp3) is 0.269. The number of benzene rings is 1. The van der Waals surface area contributed by atoms with Gasteiger partial charge in [0.05, 0.1) is 30.2 Å². The molecule has 1 aromatic carbocycles. The molecule has 1 N–H and O–H groups in total. The molecule has 198 valence electrons. The molecule has 0 spiro atoms. The molecule has 4 aromatic rings. The Morgan fingerprint density at radius 1 is 1.13 bits per heavy atom. The molecule has 0 aliphatic rings. The Morgan fingerprint density at radius 2 is 1.84 bits per heavy atom. The van der Waals surface area contributed by atoms with E-state index in [2.05, 4.69) is 15.4 Å². The Morgan fingerprint density at radius 3 is 2.47 bits per heavy atom. The van der Waals surface area contributed by atoms with Crippen molar-refractivity contribution in [3.8, 4) is 11.3 Å². The lowest BCUT2D eigenvalue weighted by molar-refractivity contribution is 0.0379. The summed E-state index contributed by atoms with van der Waals surface area (Å²) in [5, 5.41) is 6.63. The number of rotatable bonds is 8. The Labute approximate surface area is 220 Å². The minimum absolute atomic E-state index is 0.00257. The number of carbonyl (C=O) groups is 3. The van der Waals surface area contributed by atoms with Crippen LogP contribution in [0.2, 0.25) is 0 Å². The minimum Gasteiger partial charge on any atom is -0.462 e. The van der Waals surface area contributed by atoms with Gasteiger partial charge in [0.2, 0.25) is 0 Å². The third-order valence-corrected chi connectivity index (χ3v) is 6.61. The summed E-state index contributed by atoms with van der Waals surface area (Å²) in [7, 11) is 0. The molecule has 0 aliphatic heterocycles. The standard InChI is InChI=1S/C26H24F2N4O5S/c1-5-36-26(35)20-14(4)19(25(34)37-13(2)3)24(38-20)31-23(33)16-12-29-32-18(21(27)28)11-17(30-22(16)32)15-9-7-6-8-10-15/h6-13,21H,5H2,1-4H3,(H,31,33). The summed E-state index contributed by atoms with van der Waals surface area (Å²) in [6, 6.07) is 9.90. The summed E-state index contributed by atoms with van der Waals surface area (Å²) in [6.45, 7) is 6.65. The number of hydrogen-bond acceptors (Lipinski definition) is 8. The highest BCUT2D eigenvalue weighted by Gasteiger charge is 2.29. The van der Waals surface area contributed by atoms with Crippen LogP contribution in [0.5, 0.6) is 0 Å². The predicted molar refractivity (Wildman–Crippen MR) is 137 cm³/mol. The van der Waals surface area contributed by atoms with Gasteiger partial charge in [-0.15, -0.1) is 11.3 Å². The molecule has 0 atom stereocenters. The van der Waals surface area contributed by atoms with Crippen LogP contribution in [0.25, 0.3) is 16.9 Å². The lowest BCUT2D eigenvalue weighted by Gasteiger charge is -2.10. The van der Waals surface area contributed by atoms with Gasteiger partial charge in [0.1, 0.15) is 21.1 Å². The average Bonchev–Trinajstić information content (AvgIpc) is 3.44. The van der Waals surface area contributed by atoms with Crippen LogP contribution < -0.4 is 5.32 Å². The Kier molecular flexibility index (Phi) is 7.81. The number of hydrogen-bond donors (Lipinski definition) is 1. The Hall–Kier alpha value is -4.19. The summed E-state index contributed by atoms with van der Waals surface area (Å²) < 4.78 is 39.1. The average molecular weight is 543 g/mol. The molecule has 0 saturated carbocycles. The highest BCUT2D eigenvalue weighted by atomic mass is 32.1. The van der Waals surface area contributed by atoms with Gasteiger partial charge in [-0.05, 0) is 39.3 Å². The van der Waals surface area contributed by atoms with Crippen molar-refractivity contribution < 1.29 is 32.6 Å². The lowest BCUT2D eigenvalue weighted by atomic mass is 10.1. The maximum atomic E-state index is 13.9. The molecule has 0 saturated heterocycles. The second kappa shape index (κ2) is 11.1. The molecule has 12 heteroatoms. The van der Waals surface area contributed by atoms with Crippen molar-refractivity contribution in [2.24, 2.45) is 0 Å². The number of ether oxygens (including phenoxy) is 2. The van der Waals surface area contributed by atoms with Crippen molar-refractivity contribution >= 4 is 39.8 Å². The molecule has 0 bridgehead atoms. The Balaban J connectivity index is 1.79. The summed E-state index contributed by atoms with van der Waals surface area (Å²) in [4.78, 5) is 43.3. The second-order valence-electron chi connectivity index (χ2n) is 8.42. The van der Waals surface area contributed by atoms with Crippen molar-refractivity contribution in [3.05, 3.63) is 69.9 Å². The van der Waals surface area contributed by atoms with E-state index in [4.69, 9.17) is 9.47 Å². The zero-order valence-corrected chi connectivity index (χ0v) is 21.8. The highest BCUT2D eigenvalue weighted by Crippen LogP contribution is 2.35. The molecule has 0 fully saturated rings. The van der Waals surface area contributed by atoms with E-state index < -0.39 is 36.1 Å². The van der Waals surface area contributed by atoms with Crippen LogP contribution in [-0.4, -0.2) is 45.2 Å². The van der Waals surface area contributed by atoms with E-state index in [9.17, 15) is 23.2 Å². The maximum absolute atomic E-state index is 13.9. The van der Waals surface area contributed by atoms with Gasteiger partial charge in [0.15, 0.2) is 5.65 Å². The number of amides is 1. The number of nitrogens with one attached hydrogen (secondary N) is 1. The van der Waals surface area contributed by atoms with Crippen LogP contribution in [0, 0.1) is 6.92 Å². The van der Waals surface area contributed by atoms with E-state index >= 15 is 0 Å². The third kappa shape index (κ3) is 5.25. The van der Waals surface area contributed by atoms with Gasteiger partial charge < -0.3 is 14.8 Å². The summed E-state index contributed by atoms with van der Waals surface area (Å²) >= 11 is 0.854. The van der Waals surface area contributed by atoms with Gasteiger partial charge in [-0.25, -0.2) is 27.9 Å². The molecule has 0 unspecified atom stereocenters. The van der Waals surface area contributed by atoms with Gasteiger partial charge in [-0.1, -0.05) is 30.3 Å². The third-order valence-electron chi connectivity index (χ3n) is 5.42. The number of carbonyl (C=O) groups excluding carboxylic acids is 3. The number of halogens is 2. The summed E-state index contributed by atoms with van der Waals surface area (Å²) in [5.74, 6) is -2.14. The second-order valence-corrected chi connectivity index (χ2v) is 9.44. The number of alkyl halides is 2. The van der Waals surface area contributed by atoms with Crippen molar-refractivity contribution in [3.63, 3.8) is 0 Å². The maximum Gasteiger partial charge on any atom is 0.348 e. The van der Waals surface area contributed by atoms with Gasteiger partial charge in [0, 0.05) is 5.56 Å². The fourth-order valence-corrected chi connectivity index (χ4v) is 4.82. The normalized spacial score (nSPS) is 11.3. The monoisotopic (exact) mass is 542 g/mol. The molecule has 0 radical (unpaired) electrons. The number of anilines is 1. The molecule has 1 amide bonds. The quantitative estimate of drug-likeness (QED) is 0.284. The van der Waals surface area contributed by atoms with Gasteiger partial charge in [-0.3, -0.25) is 4.79 Å². The predicted octanol–water partition coefficient (Wildman–Crippen LogP) is 5.70. The SMILES string of the molecule is CCOC(=O)c1sc(NC(=O)c2cnn3c(C(F)F)cc(-c4ccccc4)nc23)c(C(=O)OC(C)C)c1C. The van der Waals surface area contributed by atoms with E-state index in [1.54, 1.807) is 58.0 Å². The first-order valence-corrected chi connectivity index (χ1v) is 12.5. The summed E-state index contributed by atoms with van der Waals surface area (Å²) in [5.41, 5.74) is 0.477. The van der Waals surface area contributed by atoms with Crippen molar-refractivity contribution in [1.82, 2.24) is 14.6 Å². The molecular formula is C26H24F2N4O5S. The number of thiophene rings is 1. The molecule has 4 rings (SSSR count). The largest absolute Gasteiger partial charge is 0.462 e. The van der Waals surface area contributed by atoms with E-state index in [1.165, 1.54) is 6.07 Å². The Bertz CT molecular complexity index is 1520. The lowest BCUT2D eigenvalue weighted by Crippen LogP contribution is -2.17. The first-order chi connectivity index (χ1) is 18.1. The molecule has 38 heavy (non-hydrogen) atoms. The number of nitrogens with zero attached hydrogens (tertiary/aromatic N) is 3. The fourth-order valence-electron chi connectivity index (χ4n) is 3.74. The smallest absolute Gasteiger partial charge is 0.348 e. The molecule has 3 aromatic heterocycles. The van der Waals surface area contributed by atoms with Gasteiger partial charge >= 0.3 is 11.9 Å². The van der Waals surface area contributed by atoms with Crippen LogP contribution in [0.15, 0.2) is 42.6 Å². The first kappa shape index (κ1) is 26.9. The molecule has 3 heterocycles. The summed E-state index contributed by atoms with van der Waals surface area (Å²) in [6.07, 6.45) is -2.22. The molecular weight excluding hydrogens is 518 g/mol. The van der Waals surface area contributed by atoms with Gasteiger partial charge in [0.25, 0.3) is 12.3 Å². The van der Waals surface area contributed by atoms with Crippen molar-refractivity contribution in [2.45, 2.75) is 40.2 Å². The molecule has 9 nitrogen and oxygen atoms in total. The minimum atomic E-state index is -2.89. The number of esters is 2. The van der Waals surface area contributed by atoms with Crippen LogP contribution in [0.3, 0.4) is 0 Å². The van der Waals surface area contributed by atoms with Crippen molar-refractivity contribution in [2.75, 3.05) is 11.9 Å². The van der Waals surface area contributed by atoms with Gasteiger partial charge in [-0.2, -0.15) is 5.10 Å². The van der Waals surface area contributed by atoms with Crippen LogP contribution in [0.4, 0.5) is 13.8 Å².